The molecule has 2 rings (SSSR count). The van der Waals surface area contributed by atoms with E-state index < -0.39 is 0 Å². The predicted octanol–water partition coefficient (Wildman–Crippen LogP) is 1.61. The Labute approximate surface area is 101 Å². The quantitative estimate of drug-likeness (QED) is 0.818. The van der Waals surface area contributed by atoms with Crippen LogP contribution in [0.4, 0.5) is 0 Å². The summed E-state index contributed by atoms with van der Waals surface area (Å²) < 4.78 is 5.30. The van der Waals surface area contributed by atoms with E-state index in [-0.39, 0.29) is 17.7 Å². The minimum Gasteiger partial charge on any atom is -0.508 e. The number of amides is 1. The van der Waals surface area contributed by atoms with E-state index >= 15 is 0 Å². The van der Waals surface area contributed by atoms with Crippen LogP contribution in [0.25, 0.3) is 0 Å². The summed E-state index contributed by atoms with van der Waals surface area (Å²) >= 11 is 0. The van der Waals surface area contributed by atoms with Crippen molar-refractivity contribution in [2.45, 2.75) is 25.8 Å². The highest BCUT2D eigenvalue weighted by molar-refractivity contribution is 5.94. The van der Waals surface area contributed by atoms with E-state index in [2.05, 4.69) is 5.32 Å². The van der Waals surface area contributed by atoms with Gasteiger partial charge in [0.2, 0.25) is 0 Å². The van der Waals surface area contributed by atoms with Crippen LogP contribution in [0.2, 0.25) is 0 Å². The highest BCUT2D eigenvalue weighted by atomic mass is 16.5. The molecule has 0 saturated carbocycles. The molecule has 1 unspecified atom stereocenters. The van der Waals surface area contributed by atoms with Gasteiger partial charge in [0, 0.05) is 12.2 Å². The fourth-order valence-electron chi connectivity index (χ4n) is 1.87. The molecule has 1 aromatic carbocycles. The number of phenols is 1. The fourth-order valence-corrected chi connectivity index (χ4v) is 1.87. The van der Waals surface area contributed by atoms with Crippen molar-refractivity contribution in [2.75, 3.05) is 13.2 Å². The summed E-state index contributed by atoms with van der Waals surface area (Å²) in [5.74, 6) is -0.00616. The molecule has 1 fully saturated rings. The third-order valence-corrected chi connectivity index (χ3v) is 2.97. The number of hydrogen-bond donors (Lipinski definition) is 2. The third-order valence-electron chi connectivity index (χ3n) is 2.97. The van der Waals surface area contributed by atoms with Crippen molar-refractivity contribution in [3.63, 3.8) is 0 Å². The van der Waals surface area contributed by atoms with Crippen LogP contribution in [-0.2, 0) is 4.74 Å². The summed E-state index contributed by atoms with van der Waals surface area (Å²) in [6.45, 7) is 3.15. The number of aromatic hydroxyl groups is 1. The first kappa shape index (κ1) is 11.9. The zero-order valence-electron chi connectivity index (χ0n) is 9.90. The molecular weight excluding hydrogens is 218 g/mol. The Morgan fingerprint density at radius 1 is 1.53 bits per heavy atom. The molecule has 17 heavy (non-hydrogen) atoms. The van der Waals surface area contributed by atoms with E-state index in [9.17, 15) is 9.90 Å². The lowest BCUT2D eigenvalue weighted by Gasteiger charge is -2.23. The van der Waals surface area contributed by atoms with Crippen LogP contribution in [0.5, 0.6) is 5.75 Å². The first-order valence-electron chi connectivity index (χ1n) is 5.85. The van der Waals surface area contributed by atoms with E-state index in [1.165, 1.54) is 6.07 Å². The maximum atomic E-state index is 11.9. The maximum Gasteiger partial charge on any atom is 0.251 e. The molecule has 0 aromatic heterocycles. The van der Waals surface area contributed by atoms with Crippen molar-refractivity contribution in [2.24, 2.45) is 0 Å². The number of carbonyl (C=O) groups is 1. The Hall–Kier alpha value is -1.55. The van der Waals surface area contributed by atoms with Crippen molar-refractivity contribution in [3.8, 4) is 5.75 Å². The Morgan fingerprint density at radius 2 is 2.35 bits per heavy atom. The number of hydrogen-bond acceptors (Lipinski definition) is 3. The van der Waals surface area contributed by atoms with Crippen molar-refractivity contribution in [3.05, 3.63) is 29.3 Å². The average Bonchev–Trinajstić information content (AvgIpc) is 2.34. The topological polar surface area (TPSA) is 58.6 Å². The average molecular weight is 235 g/mol. The van der Waals surface area contributed by atoms with E-state index in [0.29, 0.717) is 12.2 Å². The van der Waals surface area contributed by atoms with E-state index in [0.717, 1.165) is 25.0 Å². The summed E-state index contributed by atoms with van der Waals surface area (Å²) in [4.78, 5) is 11.9. The number of benzene rings is 1. The van der Waals surface area contributed by atoms with Crippen LogP contribution in [-0.4, -0.2) is 30.3 Å². The van der Waals surface area contributed by atoms with Crippen molar-refractivity contribution < 1.29 is 14.6 Å². The van der Waals surface area contributed by atoms with Gasteiger partial charge in [-0.3, -0.25) is 4.79 Å². The second-order valence-corrected chi connectivity index (χ2v) is 4.39. The Balaban J connectivity index is 2.01. The summed E-state index contributed by atoms with van der Waals surface area (Å²) in [5.41, 5.74) is 1.25. The molecule has 1 saturated heterocycles. The van der Waals surface area contributed by atoms with Crippen LogP contribution in [0.1, 0.15) is 28.8 Å². The fraction of sp³-hybridized carbons (Fsp3) is 0.462. The molecule has 0 spiro atoms. The van der Waals surface area contributed by atoms with E-state index in [4.69, 9.17) is 4.74 Å². The maximum absolute atomic E-state index is 11.9. The smallest absolute Gasteiger partial charge is 0.251 e. The zero-order valence-corrected chi connectivity index (χ0v) is 9.90. The first-order chi connectivity index (χ1) is 8.16. The molecule has 1 aliphatic heterocycles. The van der Waals surface area contributed by atoms with Crippen LogP contribution >= 0.6 is 0 Å². The van der Waals surface area contributed by atoms with Gasteiger partial charge in [0.05, 0.1) is 12.6 Å². The molecule has 1 amide bonds. The molecule has 0 aliphatic carbocycles. The summed E-state index contributed by atoms with van der Waals surface area (Å²) in [7, 11) is 0. The van der Waals surface area contributed by atoms with Gasteiger partial charge in [-0.25, -0.2) is 0 Å². The normalized spacial score (nSPS) is 19.9. The zero-order chi connectivity index (χ0) is 12.3. The molecule has 4 nitrogen and oxygen atoms in total. The van der Waals surface area contributed by atoms with Crippen LogP contribution in [0.3, 0.4) is 0 Å². The van der Waals surface area contributed by atoms with Gasteiger partial charge in [0.1, 0.15) is 5.75 Å². The molecule has 1 aliphatic rings. The summed E-state index contributed by atoms with van der Waals surface area (Å²) in [5, 5.41) is 12.5. The number of aryl methyl sites for hydroxylation is 1. The van der Waals surface area contributed by atoms with Gasteiger partial charge in [-0.05, 0) is 37.5 Å². The summed E-state index contributed by atoms with van der Waals surface area (Å²) in [6.07, 6.45) is 1.92. The number of rotatable bonds is 2. The van der Waals surface area contributed by atoms with E-state index in [1.54, 1.807) is 19.1 Å². The van der Waals surface area contributed by atoms with Gasteiger partial charge >= 0.3 is 0 Å². The minimum absolute atomic E-state index is 0.0831. The highest BCUT2D eigenvalue weighted by Crippen LogP contribution is 2.17. The van der Waals surface area contributed by atoms with Crippen LogP contribution in [0.15, 0.2) is 18.2 Å². The van der Waals surface area contributed by atoms with Crippen molar-refractivity contribution >= 4 is 5.91 Å². The van der Waals surface area contributed by atoms with Crippen molar-refractivity contribution in [1.82, 2.24) is 5.32 Å². The SMILES string of the molecule is Cc1ccc(C(=O)NC2CCCOC2)cc1O. The second-order valence-electron chi connectivity index (χ2n) is 4.39. The van der Waals surface area contributed by atoms with Gasteiger partial charge in [0.15, 0.2) is 0 Å². The molecule has 1 heterocycles. The Morgan fingerprint density at radius 3 is 3.00 bits per heavy atom. The number of carbonyl (C=O) groups excluding carboxylic acids is 1. The first-order valence-corrected chi connectivity index (χ1v) is 5.85. The molecule has 92 valence electrons. The van der Waals surface area contributed by atoms with Gasteiger partial charge in [-0.15, -0.1) is 0 Å². The molecule has 0 radical (unpaired) electrons. The van der Waals surface area contributed by atoms with Gasteiger partial charge in [0.25, 0.3) is 5.91 Å². The largest absolute Gasteiger partial charge is 0.508 e. The lowest BCUT2D eigenvalue weighted by Crippen LogP contribution is -2.40. The highest BCUT2D eigenvalue weighted by Gasteiger charge is 2.17. The molecule has 1 atom stereocenters. The van der Waals surface area contributed by atoms with Crippen molar-refractivity contribution in [1.29, 1.82) is 0 Å². The van der Waals surface area contributed by atoms with Crippen LogP contribution < -0.4 is 5.32 Å². The molecular formula is C13H17NO3. The van der Waals surface area contributed by atoms with E-state index in [1.807, 2.05) is 0 Å². The third kappa shape index (κ3) is 2.97. The molecule has 4 heteroatoms. The Bertz CT molecular complexity index is 411. The van der Waals surface area contributed by atoms with Gasteiger partial charge < -0.3 is 15.2 Å². The monoisotopic (exact) mass is 235 g/mol. The van der Waals surface area contributed by atoms with Crippen LogP contribution in [0, 0.1) is 6.92 Å². The standard InChI is InChI=1S/C13H17NO3/c1-9-4-5-10(7-12(9)15)13(16)14-11-3-2-6-17-8-11/h4-5,7,11,15H,2-3,6,8H2,1H3,(H,14,16). The Kier molecular flexibility index (Phi) is 3.64. The number of phenolic OH excluding ortho intramolecular Hbond substituents is 1. The second kappa shape index (κ2) is 5.19. The van der Waals surface area contributed by atoms with Gasteiger partial charge in [-0.2, -0.15) is 0 Å². The number of ether oxygens (including phenoxy) is 1. The lowest BCUT2D eigenvalue weighted by molar-refractivity contribution is 0.0624. The lowest BCUT2D eigenvalue weighted by atomic mass is 10.1. The number of nitrogens with one attached hydrogen (secondary N) is 1. The molecule has 1 aromatic rings. The predicted molar refractivity (Wildman–Crippen MR) is 64.2 cm³/mol. The summed E-state index contributed by atoms with van der Waals surface area (Å²) in [6, 6.07) is 5.03. The molecule has 0 bridgehead atoms. The molecule has 2 N–H and O–H groups in total. The minimum atomic E-state index is -0.157. The van der Waals surface area contributed by atoms with Gasteiger partial charge in [-0.1, -0.05) is 6.07 Å².